The van der Waals surface area contributed by atoms with Gasteiger partial charge in [0.25, 0.3) is 0 Å². The smallest absolute Gasteiger partial charge is 0.226 e. The van der Waals surface area contributed by atoms with Gasteiger partial charge in [0, 0.05) is 18.7 Å². The van der Waals surface area contributed by atoms with Crippen molar-refractivity contribution in [3.8, 4) is 23.0 Å². The lowest BCUT2D eigenvalue weighted by Crippen LogP contribution is -2.34. The number of nitrogens with zero attached hydrogens (tertiary/aromatic N) is 2. The van der Waals surface area contributed by atoms with Gasteiger partial charge >= 0.3 is 0 Å². The fourth-order valence-electron chi connectivity index (χ4n) is 4.38. The van der Waals surface area contributed by atoms with E-state index in [2.05, 4.69) is 36.1 Å². The lowest BCUT2D eigenvalue weighted by atomic mass is 9.88. The molecular weight excluding hydrogens is 376 g/mol. The largest absolute Gasteiger partial charge is 0.493 e. The molecule has 2 heterocycles. The van der Waals surface area contributed by atoms with Crippen molar-refractivity contribution in [2.75, 3.05) is 27.3 Å². The van der Waals surface area contributed by atoms with E-state index in [9.17, 15) is 0 Å². The van der Waals surface area contributed by atoms with E-state index >= 15 is 0 Å². The first-order chi connectivity index (χ1) is 14.6. The number of rotatable bonds is 6. The van der Waals surface area contributed by atoms with E-state index in [1.165, 1.54) is 24.0 Å². The topological polar surface area (TPSA) is 47.7 Å². The Labute approximate surface area is 178 Å². The first-order valence-electron chi connectivity index (χ1n) is 10.6. The molecular formula is C25H30N2O3. The number of aryl methyl sites for hydroxylation is 2. The van der Waals surface area contributed by atoms with E-state index in [1.807, 2.05) is 25.1 Å². The van der Waals surface area contributed by atoms with Crippen LogP contribution in [0.25, 0.3) is 11.5 Å². The van der Waals surface area contributed by atoms with Crippen LogP contribution in [0.1, 0.15) is 41.3 Å². The van der Waals surface area contributed by atoms with Crippen LogP contribution >= 0.6 is 0 Å². The van der Waals surface area contributed by atoms with E-state index in [0.29, 0.717) is 23.3 Å². The molecule has 0 spiro atoms. The van der Waals surface area contributed by atoms with Crippen LogP contribution in [0.5, 0.6) is 11.5 Å². The van der Waals surface area contributed by atoms with E-state index in [4.69, 9.17) is 18.9 Å². The number of likely N-dealkylation sites (tertiary alicyclic amines) is 1. The summed E-state index contributed by atoms with van der Waals surface area (Å²) in [7, 11) is 3.27. The van der Waals surface area contributed by atoms with Crippen LogP contribution in [0.2, 0.25) is 0 Å². The summed E-state index contributed by atoms with van der Waals surface area (Å²) in [4.78, 5) is 7.32. The van der Waals surface area contributed by atoms with Crippen molar-refractivity contribution in [1.82, 2.24) is 9.88 Å². The van der Waals surface area contributed by atoms with Crippen molar-refractivity contribution in [2.45, 2.75) is 39.2 Å². The third-order valence-electron chi connectivity index (χ3n) is 6.03. The molecule has 30 heavy (non-hydrogen) atoms. The zero-order valence-electron chi connectivity index (χ0n) is 18.3. The monoisotopic (exact) mass is 406 g/mol. The molecule has 5 nitrogen and oxygen atoms in total. The zero-order chi connectivity index (χ0) is 21.1. The standard InChI is InChI=1S/C25H30N2O3/c1-17-8-5-6-10-21(17)20-9-7-13-27(15-20)16-22-18(2)30-25(26-22)19-11-12-23(28-3)24(14-19)29-4/h5-6,8,10-12,14,20H,7,9,13,15-16H2,1-4H3. The molecule has 1 atom stereocenters. The second kappa shape index (κ2) is 8.92. The summed E-state index contributed by atoms with van der Waals surface area (Å²) in [6, 6.07) is 14.5. The number of piperidine rings is 1. The lowest BCUT2D eigenvalue weighted by molar-refractivity contribution is 0.197. The molecule has 158 valence electrons. The molecule has 2 aromatic carbocycles. The highest BCUT2D eigenvalue weighted by atomic mass is 16.5. The summed E-state index contributed by atoms with van der Waals surface area (Å²) in [6.45, 7) is 7.18. The number of hydrogen-bond donors (Lipinski definition) is 0. The van der Waals surface area contributed by atoms with Crippen molar-refractivity contribution in [2.24, 2.45) is 0 Å². The van der Waals surface area contributed by atoms with Gasteiger partial charge in [0.1, 0.15) is 5.76 Å². The van der Waals surface area contributed by atoms with Crippen LogP contribution in [-0.2, 0) is 6.54 Å². The molecule has 0 radical (unpaired) electrons. The summed E-state index contributed by atoms with van der Waals surface area (Å²) in [5.74, 6) is 3.44. The molecule has 1 unspecified atom stereocenters. The Kier molecular flexibility index (Phi) is 6.09. The van der Waals surface area contributed by atoms with Crippen LogP contribution in [0.15, 0.2) is 46.9 Å². The van der Waals surface area contributed by atoms with E-state index < -0.39 is 0 Å². The predicted octanol–water partition coefficient (Wildman–Crippen LogP) is 5.36. The van der Waals surface area contributed by atoms with Crippen molar-refractivity contribution in [3.05, 3.63) is 65.0 Å². The van der Waals surface area contributed by atoms with Gasteiger partial charge in [0.15, 0.2) is 11.5 Å². The maximum atomic E-state index is 6.01. The maximum absolute atomic E-state index is 6.01. The Hall–Kier alpha value is -2.79. The van der Waals surface area contributed by atoms with Crippen molar-refractivity contribution in [3.63, 3.8) is 0 Å². The van der Waals surface area contributed by atoms with E-state index in [-0.39, 0.29) is 0 Å². The second-order valence-electron chi connectivity index (χ2n) is 8.02. The Morgan fingerprint density at radius 3 is 2.63 bits per heavy atom. The summed E-state index contributed by atoms with van der Waals surface area (Å²) in [5.41, 5.74) is 4.76. The third-order valence-corrected chi connectivity index (χ3v) is 6.03. The Bertz CT molecular complexity index is 1010. The fourth-order valence-corrected chi connectivity index (χ4v) is 4.38. The summed E-state index contributed by atoms with van der Waals surface area (Å²) in [6.07, 6.45) is 2.45. The van der Waals surface area contributed by atoms with Crippen LogP contribution < -0.4 is 9.47 Å². The quantitative estimate of drug-likeness (QED) is 0.552. The summed E-state index contributed by atoms with van der Waals surface area (Å²) < 4.78 is 16.8. The number of methoxy groups -OCH3 is 2. The number of aromatic nitrogens is 1. The van der Waals surface area contributed by atoms with Crippen LogP contribution in [0.4, 0.5) is 0 Å². The van der Waals surface area contributed by atoms with Gasteiger partial charge in [-0.3, -0.25) is 4.90 Å². The average molecular weight is 407 g/mol. The minimum atomic E-state index is 0.581. The van der Waals surface area contributed by atoms with Crippen molar-refractivity contribution >= 4 is 0 Å². The van der Waals surface area contributed by atoms with Gasteiger partial charge in [-0.1, -0.05) is 24.3 Å². The van der Waals surface area contributed by atoms with Crippen LogP contribution in [0, 0.1) is 13.8 Å². The maximum Gasteiger partial charge on any atom is 0.226 e. The molecule has 0 bridgehead atoms. The molecule has 3 aromatic rings. The first kappa shape index (κ1) is 20.5. The normalized spacial score (nSPS) is 17.1. The van der Waals surface area contributed by atoms with Gasteiger partial charge in [0.2, 0.25) is 5.89 Å². The van der Waals surface area contributed by atoms with Crippen molar-refractivity contribution in [1.29, 1.82) is 0 Å². The molecule has 1 saturated heterocycles. The van der Waals surface area contributed by atoms with Gasteiger partial charge in [-0.25, -0.2) is 4.98 Å². The van der Waals surface area contributed by atoms with Crippen molar-refractivity contribution < 1.29 is 13.9 Å². The molecule has 1 fully saturated rings. The van der Waals surface area contributed by atoms with Gasteiger partial charge in [-0.2, -0.15) is 0 Å². The first-order valence-corrected chi connectivity index (χ1v) is 10.6. The molecule has 0 N–H and O–H groups in total. The minimum Gasteiger partial charge on any atom is -0.493 e. The molecule has 4 rings (SSSR count). The molecule has 1 aliphatic heterocycles. The Morgan fingerprint density at radius 2 is 1.87 bits per heavy atom. The SMILES string of the molecule is COc1ccc(-c2nc(CN3CCCC(c4ccccc4C)C3)c(C)o2)cc1OC. The minimum absolute atomic E-state index is 0.581. The van der Waals surface area contributed by atoms with Gasteiger partial charge in [0.05, 0.1) is 19.9 Å². The Morgan fingerprint density at radius 1 is 1.07 bits per heavy atom. The highest BCUT2D eigenvalue weighted by Crippen LogP contribution is 2.34. The van der Waals surface area contributed by atoms with Crippen LogP contribution in [0.3, 0.4) is 0 Å². The average Bonchev–Trinajstić information content (AvgIpc) is 3.14. The second-order valence-corrected chi connectivity index (χ2v) is 8.02. The molecule has 1 aromatic heterocycles. The Balaban J connectivity index is 1.51. The fraction of sp³-hybridized carbons (Fsp3) is 0.400. The molecule has 5 heteroatoms. The van der Waals surface area contributed by atoms with E-state index in [1.54, 1.807) is 14.2 Å². The third kappa shape index (κ3) is 4.21. The van der Waals surface area contributed by atoms with Gasteiger partial charge < -0.3 is 13.9 Å². The van der Waals surface area contributed by atoms with Gasteiger partial charge in [-0.05, 0) is 68.5 Å². The lowest BCUT2D eigenvalue weighted by Gasteiger charge is -2.33. The predicted molar refractivity (Wildman–Crippen MR) is 118 cm³/mol. The number of hydrogen-bond acceptors (Lipinski definition) is 5. The summed E-state index contributed by atoms with van der Waals surface area (Å²) in [5, 5.41) is 0. The summed E-state index contributed by atoms with van der Waals surface area (Å²) >= 11 is 0. The highest BCUT2D eigenvalue weighted by Gasteiger charge is 2.24. The van der Waals surface area contributed by atoms with Gasteiger partial charge in [-0.15, -0.1) is 0 Å². The van der Waals surface area contributed by atoms with Crippen LogP contribution in [-0.4, -0.2) is 37.2 Å². The highest BCUT2D eigenvalue weighted by molar-refractivity contribution is 5.60. The van der Waals surface area contributed by atoms with E-state index in [0.717, 1.165) is 36.7 Å². The molecule has 0 amide bonds. The molecule has 1 aliphatic rings. The zero-order valence-corrected chi connectivity index (χ0v) is 18.3. The number of benzene rings is 2. The molecule has 0 aliphatic carbocycles. The molecule has 0 saturated carbocycles. The number of oxazole rings is 1. The number of ether oxygens (including phenoxy) is 2.